The van der Waals surface area contributed by atoms with Crippen LogP contribution in [0.1, 0.15) is 12.0 Å². The zero-order chi connectivity index (χ0) is 10.7. The van der Waals surface area contributed by atoms with Crippen molar-refractivity contribution in [2.45, 2.75) is 12.8 Å². The van der Waals surface area contributed by atoms with E-state index < -0.39 is 0 Å². The van der Waals surface area contributed by atoms with E-state index in [0.29, 0.717) is 6.54 Å². The molecule has 0 heterocycles. The zero-order valence-corrected chi connectivity index (χ0v) is 8.54. The Bertz CT molecular complexity index is 460. The normalized spacial score (nSPS) is 10.8. The van der Waals surface area contributed by atoms with Crippen molar-refractivity contribution >= 4 is 10.8 Å². The highest BCUT2D eigenvalue weighted by molar-refractivity contribution is 5.86. The van der Waals surface area contributed by atoms with Crippen molar-refractivity contribution in [3.05, 3.63) is 47.8 Å². The van der Waals surface area contributed by atoms with E-state index in [2.05, 4.69) is 0 Å². The molecule has 2 aromatic carbocycles. The summed E-state index contributed by atoms with van der Waals surface area (Å²) in [6.07, 6.45) is 1.74. The molecule has 2 rings (SSSR count). The lowest BCUT2D eigenvalue weighted by molar-refractivity contribution is 0.638. The first-order chi connectivity index (χ1) is 7.33. The lowest BCUT2D eigenvalue weighted by Gasteiger charge is -2.06. The van der Waals surface area contributed by atoms with Gasteiger partial charge in [0.25, 0.3) is 0 Å². The van der Waals surface area contributed by atoms with Crippen molar-refractivity contribution in [3.63, 3.8) is 0 Å². The standard InChI is InChI=1S/C13H14FN/c14-12-8-2-6-10-4-1-5-11(13(10)12)7-3-9-15/h1-2,4-6,8H,3,7,9,15H2. The molecule has 2 N–H and O–H groups in total. The molecule has 0 saturated heterocycles. The van der Waals surface area contributed by atoms with Crippen LogP contribution in [-0.2, 0) is 6.42 Å². The molecule has 2 heteroatoms. The number of benzene rings is 2. The third kappa shape index (κ3) is 2.00. The first kappa shape index (κ1) is 10.1. The molecule has 0 aliphatic rings. The maximum Gasteiger partial charge on any atom is 0.131 e. The van der Waals surface area contributed by atoms with Gasteiger partial charge in [-0.1, -0.05) is 30.3 Å². The topological polar surface area (TPSA) is 26.0 Å². The molecule has 1 nitrogen and oxygen atoms in total. The number of fused-ring (bicyclic) bond motifs is 1. The average molecular weight is 203 g/mol. The van der Waals surface area contributed by atoms with Gasteiger partial charge in [-0.05, 0) is 36.4 Å². The van der Waals surface area contributed by atoms with Crippen molar-refractivity contribution in [1.29, 1.82) is 0 Å². The molecule has 0 saturated carbocycles. The maximum atomic E-state index is 13.6. The monoisotopic (exact) mass is 203 g/mol. The minimum atomic E-state index is -0.139. The summed E-state index contributed by atoms with van der Waals surface area (Å²) >= 11 is 0. The quantitative estimate of drug-likeness (QED) is 0.815. The van der Waals surface area contributed by atoms with Crippen LogP contribution in [0.4, 0.5) is 4.39 Å². The molecule has 0 atom stereocenters. The van der Waals surface area contributed by atoms with Crippen LogP contribution < -0.4 is 5.73 Å². The van der Waals surface area contributed by atoms with Crippen molar-refractivity contribution in [2.75, 3.05) is 6.54 Å². The average Bonchev–Trinajstić information content (AvgIpc) is 2.26. The molecule has 0 aliphatic heterocycles. The fourth-order valence-corrected chi connectivity index (χ4v) is 1.87. The summed E-state index contributed by atoms with van der Waals surface area (Å²) in [5.41, 5.74) is 6.52. The number of nitrogens with two attached hydrogens (primary N) is 1. The second-order valence-corrected chi connectivity index (χ2v) is 3.65. The van der Waals surface area contributed by atoms with E-state index in [0.717, 1.165) is 29.2 Å². The van der Waals surface area contributed by atoms with E-state index in [9.17, 15) is 4.39 Å². The first-order valence-electron chi connectivity index (χ1n) is 5.19. The minimum absolute atomic E-state index is 0.139. The summed E-state index contributed by atoms with van der Waals surface area (Å²) in [7, 11) is 0. The van der Waals surface area contributed by atoms with Gasteiger partial charge in [-0.3, -0.25) is 0 Å². The van der Waals surface area contributed by atoms with Crippen LogP contribution >= 0.6 is 0 Å². The van der Waals surface area contributed by atoms with Gasteiger partial charge in [0.1, 0.15) is 5.82 Å². The van der Waals surface area contributed by atoms with Crippen molar-refractivity contribution < 1.29 is 4.39 Å². The molecule has 0 fully saturated rings. The van der Waals surface area contributed by atoms with Gasteiger partial charge in [-0.2, -0.15) is 0 Å². The van der Waals surface area contributed by atoms with Crippen LogP contribution in [0.25, 0.3) is 10.8 Å². The molecule has 0 aliphatic carbocycles. The number of rotatable bonds is 3. The summed E-state index contributed by atoms with van der Waals surface area (Å²) in [5, 5.41) is 1.71. The smallest absolute Gasteiger partial charge is 0.131 e. The molecule has 78 valence electrons. The van der Waals surface area contributed by atoms with Crippen LogP contribution in [-0.4, -0.2) is 6.54 Å². The van der Waals surface area contributed by atoms with Crippen molar-refractivity contribution in [2.24, 2.45) is 5.73 Å². The Kier molecular flexibility index (Phi) is 2.97. The first-order valence-corrected chi connectivity index (χ1v) is 5.19. The maximum absolute atomic E-state index is 13.6. The van der Waals surface area contributed by atoms with Crippen LogP contribution in [0, 0.1) is 5.82 Å². The summed E-state index contributed by atoms with van der Waals surface area (Å²) in [5.74, 6) is -0.139. The minimum Gasteiger partial charge on any atom is -0.330 e. The molecule has 15 heavy (non-hydrogen) atoms. The van der Waals surface area contributed by atoms with Gasteiger partial charge < -0.3 is 5.73 Å². The Morgan fingerprint density at radius 2 is 1.80 bits per heavy atom. The molecule has 0 radical (unpaired) electrons. The van der Waals surface area contributed by atoms with Gasteiger partial charge in [0, 0.05) is 5.39 Å². The van der Waals surface area contributed by atoms with E-state index in [1.807, 2.05) is 24.3 Å². The van der Waals surface area contributed by atoms with Crippen LogP contribution in [0.5, 0.6) is 0 Å². The number of halogens is 1. The van der Waals surface area contributed by atoms with E-state index in [1.165, 1.54) is 6.07 Å². The lowest BCUT2D eigenvalue weighted by atomic mass is 10.0. The van der Waals surface area contributed by atoms with Gasteiger partial charge in [-0.25, -0.2) is 4.39 Å². The van der Waals surface area contributed by atoms with Crippen LogP contribution in [0.3, 0.4) is 0 Å². The second-order valence-electron chi connectivity index (χ2n) is 3.65. The Balaban J connectivity index is 2.53. The second kappa shape index (κ2) is 4.41. The molecule has 0 unspecified atom stereocenters. The van der Waals surface area contributed by atoms with Gasteiger partial charge in [-0.15, -0.1) is 0 Å². The highest BCUT2D eigenvalue weighted by atomic mass is 19.1. The predicted octanol–water partition coefficient (Wildman–Crippen LogP) is 2.87. The fraction of sp³-hybridized carbons (Fsp3) is 0.231. The van der Waals surface area contributed by atoms with Crippen LogP contribution in [0.15, 0.2) is 36.4 Å². The summed E-state index contributed by atoms with van der Waals surface area (Å²) in [6, 6.07) is 11.1. The van der Waals surface area contributed by atoms with Crippen molar-refractivity contribution in [3.8, 4) is 0 Å². The fourth-order valence-electron chi connectivity index (χ4n) is 1.87. The number of aryl methyl sites for hydroxylation is 1. The lowest BCUT2D eigenvalue weighted by Crippen LogP contribution is -2.01. The molecule has 0 aromatic heterocycles. The van der Waals surface area contributed by atoms with E-state index in [4.69, 9.17) is 5.73 Å². The molecule has 0 bridgehead atoms. The largest absolute Gasteiger partial charge is 0.330 e. The third-order valence-corrected chi connectivity index (χ3v) is 2.59. The SMILES string of the molecule is NCCCc1cccc2cccc(F)c12. The Hall–Kier alpha value is -1.41. The molecule has 0 spiro atoms. The van der Waals surface area contributed by atoms with Gasteiger partial charge in [0.2, 0.25) is 0 Å². The third-order valence-electron chi connectivity index (χ3n) is 2.59. The Morgan fingerprint density at radius 1 is 1.07 bits per heavy atom. The Labute approximate surface area is 88.7 Å². The summed E-state index contributed by atoms with van der Waals surface area (Å²) in [6.45, 7) is 0.644. The summed E-state index contributed by atoms with van der Waals surface area (Å²) < 4.78 is 13.6. The number of hydrogen-bond donors (Lipinski definition) is 1. The van der Waals surface area contributed by atoms with Gasteiger partial charge in [0.05, 0.1) is 0 Å². The van der Waals surface area contributed by atoms with Gasteiger partial charge in [0.15, 0.2) is 0 Å². The van der Waals surface area contributed by atoms with E-state index >= 15 is 0 Å². The van der Waals surface area contributed by atoms with E-state index in [1.54, 1.807) is 6.07 Å². The summed E-state index contributed by atoms with van der Waals surface area (Å²) in [4.78, 5) is 0. The van der Waals surface area contributed by atoms with E-state index in [-0.39, 0.29) is 5.82 Å². The van der Waals surface area contributed by atoms with Crippen molar-refractivity contribution in [1.82, 2.24) is 0 Å². The predicted molar refractivity (Wildman–Crippen MR) is 61.3 cm³/mol. The van der Waals surface area contributed by atoms with Crippen LogP contribution in [0.2, 0.25) is 0 Å². The molecular formula is C13H14FN. The molecule has 2 aromatic rings. The highest BCUT2D eigenvalue weighted by Crippen LogP contribution is 2.22. The van der Waals surface area contributed by atoms with Gasteiger partial charge >= 0.3 is 0 Å². The molecular weight excluding hydrogens is 189 g/mol. The molecule has 0 amide bonds. The zero-order valence-electron chi connectivity index (χ0n) is 8.54. The Morgan fingerprint density at radius 3 is 2.53 bits per heavy atom. The highest BCUT2D eigenvalue weighted by Gasteiger charge is 2.04. The number of hydrogen-bond acceptors (Lipinski definition) is 1.